The van der Waals surface area contributed by atoms with Crippen LogP contribution in [-0.2, 0) is 16.6 Å². The molecule has 5 rings (SSSR count). The van der Waals surface area contributed by atoms with Crippen molar-refractivity contribution < 1.29 is 32.6 Å². The molecule has 1 N–H and O–H groups in total. The fraction of sp³-hybridized carbons (Fsp3) is 0.750. The zero-order valence-electron chi connectivity index (χ0n) is 19.6. The van der Waals surface area contributed by atoms with Gasteiger partial charge in [0.1, 0.15) is 5.69 Å². The lowest BCUT2D eigenvalue weighted by Crippen LogP contribution is -2.73. The first-order valence-corrected chi connectivity index (χ1v) is 12.1. The molecule has 4 aliphatic rings. The highest BCUT2D eigenvalue weighted by atomic mass is 19.4. The minimum atomic E-state index is -5.08. The van der Waals surface area contributed by atoms with Gasteiger partial charge in [0.2, 0.25) is 0 Å². The smallest absolute Gasteiger partial charge is 0.475 e. The average Bonchev–Trinajstić information content (AvgIpc) is 3.67. The van der Waals surface area contributed by atoms with E-state index in [4.69, 9.17) is 14.6 Å². The second-order valence-electron chi connectivity index (χ2n) is 10.4. The van der Waals surface area contributed by atoms with Crippen molar-refractivity contribution in [2.45, 2.75) is 50.2 Å². The molecule has 2 saturated heterocycles. The number of rotatable bonds is 7. The molecule has 1 aromatic rings. The molecule has 0 aromatic carbocycles. The summed E-state index contributed by atoms with van der Waals surface area (Å²) in [6.45, 7) is 6.09. The molecule has 3 heterocycles. The van der Waals surface area contributed by atoms with E-state index in [9.17, 15) is 18.0 Å². The van der Waals surface area contributed by atoms with Crippen molar-refractivity contribution in [2.24, 2.45) is 24.8 Å². The molecule has 0 bridgehead atoms. The van der Waals surface area contributed by atoms with Crippen molar-refractivity contribution in [1.82, 2.24) is 14.4 Å². The predicted octanol–water partition coefficient (Wildman–Crippen LogP) is 3.40. The van der Waals surface area contributed by atoms with Crippen LogP contribution in [0.25, 0.3) is 0 Å². The summed E-state index contributed by atoms with van der Waals surface area (Å²) in [5.74, 6) is -0.163. The molecule has 2 saturated carbocycles. The largest absolute Gasteiger partial charge is 0.490 e. The Hall–Kier alpha value is -2.07. The molecule has 2 aliphatic carbocycles. The van der Waals surface area contributed by atoms with Gasteiger partial charge >= 0.3 is 12.1 Å². The molecule has 7 nitrogen and oxygen atoms in total. The number of hydrogen-bond acceptors (Lipinski definition) is 4. The molecule has 1 amide bonds. The van der Waals surface area contributed by atoms with Crippen LogP contribution in [0.15, 0.2) is 18.3 Å². The number of aryl methyl sites for hydroxylation is 1. The van der Waals surface area contributed by atoms with E-state index >= 15 is 0 Å². The van der Waals surface area contributed by atoms with Gasteiger partial charge in [0.25, 0.3) is 5.91 Å². The van der Waals surface area contributed by atoms with Crippen LogP contribution in [0.2, 0.25) is 0 Å². The Kier molecular flexibility index (Phi) is 7.28. The number of carbonyl (C=O) groups excluding carboxylic acids is 1. The van der Waals surface area contributed by atoms with Gasteiger partial charge in [-0.2, -0.15) is 13.2 Å². The van der Waals surface area contributed by atoms with Gasteiger partial charge < -0.3 is 19.3 Å². The Bertz CT molecular complexity index is 873. The summed E-state index contributed by atoms with van der Waals surface area (Å²) in [7, 11) is 1.95. The first-order valence-electron chi connectivity index (χ1n) is 12.1. The first-order chi connectivity index (χ1) is 16.1. The number of aromatic nitrogens is 1. The van der Waals surface area contributed by atoms with E-state index in [-0.39, 0.29) is 11.4 Å². The van der Waals surface area contributed by atoms with E-state index in [1.54, 1.807) is 0 Å². The van der Waals surface area contributed by atoms with Crippen molar-refractivity contribution in [3.8, 4) is 0 Å². The molecule has 1 unspecified atom stereocenters. The van der Waals surface area contributed by atoms with Gasteiger partial charge in [-0.15, -0.1) is 0 Å². The Labute approximate surface area is 197 Å². The summed E-state index contributed by atoms with van der Waals surface area (Å²) in [5.41, 5.74) is 1.01. The minimum absolute atomic E-state index is 0.187. The van der Waals surface area contributed by atoms with Gasteiger partial charge in [0, 0.05) is 46.1 Å². The zero-order chi connectivity index (χ0) is 24.5. The van der Waals surface area contributed by atoms with Crippen molar-refractivity contribution >= 4 is 11.9 Å². The number of alkyl halides is 3. The van der Waals surface area contributed by atoms with Crippen molar-refractivity contribution in [1.29, 1.82) is 0 Å². The number of piperidine rings is 1. The number of likely N-dealkylation sites (tertiary alicyclic amines) is 2. The molecule has 34 heavy (non-hydrogen) atoms. The van der Waals surface area contributed by atoms with Gasteiger partial charge in [-0.3, -0.25) is 9.69 Å². The number of amides is 1. The van der Waals surface area contributed by atoms with Gasteiger partial charge in [-0.1, -0.05) is 0 Å². The summed E-state index contributed by atoms with van der Waals surface area (Å²) in [5, 5.41) is 7.12. The molecule has 4 fully saturated rings. The zero-order valence-corrected chi connectivity index (χ0v) is 19.6. The molecule has 1 spiro atoms. The first kappa shape index (κ1) is 25.0. The van der Waals surface area contributed by atoms with Gasteiger partial charge in [-0.05, 0) is 75.0 Å². The standard InChI is InChI=1S/C22H33N3O2.C2HF3O2/c1-23-9-2-3-20(23)21(26)24-15-22(16-24)11-19(14-27-13-18-6-7-18)8-10-25(22)12-17-4-5-17;3-2(4,5)1(6)7/h2-3,9,17-19H,4-8,10-16H2,1H3;(H,6,7). The molecule has 1 aromatic heterocycles. The summed E-state index contributed by atoms with van der Waals surface area (Å²) >= 11 is 0. The van der Waals surface area contributed by atoms with Crippen LogP contribution in [0.5, 0.6) is 0 Å². The number of nitrogens with zero attached hydrogens (tertiary/aromatic N) is 3. The topological polar surface area (TPSA) is 75.0 Å². The highest BCUT2D eigenvalue weighted by Crippen LogP contribution is 2.43. The average molecular weight is 486 g/mol. The van der Waals surface area contributed by atoms with Gasteiger partial charge in [0.05, 0.1) is 5.54 Å². The maximum absolute atomic E-state index is 12.9. The van der Waals surface area contributed by atoms with E-state index in [0.717, 1.165) is 43.8 Å². The lowest BCUT2D eigenvalue weighted by Gasteiger charge is -2.59. The van der Waals surface area contributed by atoms with Crippen LogP contribution >= 0.6 is 0 Å². The second kappa shape index (κ2) is 9.89. The Balaban J connectivity index is 0.000000344. The van der Waals surface area contributed by atoms with E-state index < -0.39 is 12.1 Å². The number of ether oxygens (including phenoxy) is 1. The summed E-state index contributed by atoms with van der Waals surface area (Å²) < 4.78 is 39.7. The van der Waals surface area contributed by atoms with Crippen LogP contribution < -0.4 is 0 Å². The van der Waals surface area contributed by atoms with Crippen molar-refractivity contribution in [2.75, 3.05) is 39.4 Å². The highest BCUT2D eigenvalue weighted by Gasteiger charge is 2.53. The molecular formula is C24H34F3N3O4. The van der Waals surface area contributed by atoms with Crippen LogP contribution in [0.3, 0.4) is 0 Å². The van der Waals surface area contributed by atoms with E-state index in [1.165, 1.54) is 51.6 Å². The van der Waals surface area contributed by atoms with Crippen molar-refractivity contribution in [3.05, 3.63) is 24.0 Å². The van der Waals surface area contributed by atoms with Crippen LogP contribution in [0.4, 0.5) is 13.2 Å². The normalized spacial score (nSPS) is 24.4. The van der Waals surface area contributed by atoms with Crippen molar-refractivity contribution in [3.63, 3.8) is 0 Å². The molecule has 2 aliphatic heterocycles. The van der Waals surface area contributed by atoms with E-state index in [0.29, 0.717) is 5.92 Å². The fourth-order valence-corrected chi connectivity index (χ4v) is 5.05. The summed E-state index contributed by atoms with van der Waals surface area (Å²) in [4.78, 5) is 26.6. The SMILES string of the molecule is Cn1cccc1C(=O)N1CC2(CC(COCC3CC3)CCN2CC2CC2)C1.O=C(O)C(F)(F)F. The number of carboxylic acid groups (broad SMARTS) is 1. The number of carboxylic acids is 1. The van der Waals surface area contributed by atoms with E-state index in [1.807, 2.05) is 29.9 Å². The number of halogens is 3. The minimum Gasteiger partial charge on any atom is -0.475 e. The number of carbonyl (C=O) groups is 2. The summed E-state index contributed by atoms with van der Waals surface area (Å²) in [6, 6.07) is 3.89. The Morgan fingerprint density at radius 1 is 1.09 bits per heavy atom. The third-order valence-electron chi connectivity index (χ3n) is 7.39. The lowest BCUT2D eigenvalue weighted by molar-refractivity contribution is -0.192. The predicted molar refractivity (Wildman–Crippen MR) is 118 cm³/mol. The maximum Gasteiger partial charge on any atom is 0.490 e. The Morgan fingerprint density at radius 3 is 2.24 bits per heavy atom. The monoisotopic (exact) mass is 485 g/mol. The third-order valence-corrected chi connectivity index (χ3v) is 7.39. The third kappa shape index (κ3) is 6.13. The fourth-order valence-electron chi connectivity index (χ4n) is 5.05. The quantitative estimate of drug-likeness (QED) is 0.641. The van der Waals surface area contributed by atoms with Gasteiger partial charge in [0.15, 0.2) is 0 Å². The molecule has 1 atom stereocenters. The molecule has 0 radical (unpaired) electrons. The molecule has 190 valence electrons. The highest BCUT2D eigenvalue weighted by molar-refractivity contribution is 5.93. The van der Waals surface area contributed by atoms with Crippen LogP contribution in [-0.4, -0.2) is 82.5 Å². The van der Waals surface area contributed by atoms with Gasteiger partial charge in [-0.25, -0.2) is 4.79 Å². The number of aliphatic carboxylic acids is 1. The molecule has 10 heteroatoms. The van der Waals surface area contributed by atoms with Crippen LogP contribution in [0, 0.1) is 17.8 Å². The number of hydrogen-bond donors (Lipinski definition) is 1. The Morgan fingerprint density at radius 2 is 1.71 bits per heavy atom. The van der Waals surface area contributed by atoms with E-state index in [2.05, 4.69) is 9.80 Å². The van der Waals surface area contributed by atoms with Crippen LogP contribution in [0.1, 0.15) is 49.0 Å². The summed E-state index contributed by atoms with van der Waals surface area (Å²) in [6.07, 6.45) is 4.83. The maximum atomic E-state index is 12.9. The lowest BCUT2D eigenvalue weighted by atomic mass is 9.74. The molecular weight excluding hydrogens is 451 g/mol. The second-order valence-corrected chi connectivity index (χ2v) is 10.4.